The predicted molar refractivity (Wildman–Crippen MR) is 110 cm³/mol. The van der Waals surface area contributed by atoms with Crippen LogP contribution in [0.5, 0.6) is 0 Å². The van der Waals surface area contributed by atoms with Gasteiger partial charge in [0.15, 0.2) is 0 Å². The number of anilines is 3. The molecule has 1 aliphatic heterocycles. The predicted octanol–water partition coefficient (Wildman–Crippen LogP) is 2.75. The second-order valence-electron chi connectivity index (χ2n) is 6.90. The molecule has 2 aromatic carbocycles. The van der Waals surface area contributed by atoms with Crippen LogP contribution in [0.25, 0.3) is 0 Å². The fraction of sp³-hybridized carbons (Fsp3) is 0.238. The molecule has 2 N–H and O–H groups in total. The number of imide groups is 1. The number of carbonyl (C=O) groups excluding carboxylic acids is 4. The van der Waals surface area contributed by atoms with Gasteiger partial charge in [0.05, 0.1) is 0 Å². The summed E-state index contributed by atoms with van der Waals surface area (Å²) < 4.78 is 0. The monoisotopic (exact) mass is 394 g/mol. The average molecular weight is 394 g/mol. The maximum absolute atomic E-state index is 12.8. The molecule has 1 atom stereocenters. The minimum atomic E-state index is -0.685. The number of nitrogens with one attached hydrogen (secondary N) is 2. The summed E-state index contributed by atoms with van der Waals surface area (Å²) in [6, 6.07) is 12.6. The Hall–Kier alpha value is -3.68. The number of benzene rings is 2. The molecule has 150 valence electrons. The maximum atomic E-state index is 12.8. The van der Waals surface area contributed by atoms with Crippen molar-refractivity contribution in [1.29, 1.82) is 0 Å². The van der Waals surface area contributed by atoms with E-state index in [2.05, 4.69) is 10.6 Å². The molecule has 5 amide bonds. The van der Waals surface area contributed by atoms with E-state index in [-0.39, 0.29) is 12.5 Å². The third-order valence-electron chi connectivity index (χ3n) is 4.55. The van der Waals surface area contributed by atoms with E-state index in [9.17, 15) is 19.2 Å². The van der Waals surface area contributed by atoms with Crippen molar-refractivity contribution in [2.24, 2.45) is 0 Å². The molecule has 8 heteroatoms. The lowest BCUT2D eigenvalue weighted by atomic mass is 10.2. The standard InChI is InChI=1S/C21H22N4O4/c1-13-4-10-18(11-5-13)25-14(2)20(28)24(21(25)29)12-19(27)23-17-8-6-16(7-9-17)22-15(3)26/h4-11,14H,12H2,1-3H3,(H,22,26)(H,23,27). The molecule has 1 unspecified atom stereocenters. The van der Waals surface area contributed by atoms with Crippen LogP contribution in [0.2, 0.25) is 0 Å². The van der Waals surface area contributed by atoms with Gasteiger partial charge in [-0.2, -0.15) is 0 Å². The Kier molecular flexibility index (Phi) is 5.63. The highest BCUT2D eigenvalue weighted by molar-refractivity contribution is 6.16. The molecule has 0 bridgehead atoms. The van der Waals surface area contributed by atoms with Gasteiger partial charge in [-0.15, -0.1) is 0 Å². The number of carbonyl (C=O) groups is 4. The second kappa shape index (κ2) is 8.14. The van der Waals surface area contributed by atoms with Crippen molar-refractivity contribution in [2.45, 2.75) is 26.8 Å². The van der Waals surface area contributed by atoms with Crippen molar-refractivity contribution >= 4 is 40.8 Å². The number of aryl methyl sites for hydroxylation is 1. The molecule has 8 nitrogen and oxygen atoms in total. The minimum Gasteiger partial charge on any atom is -0.326 e. The molecule has 0 saturated carbocycles. The lowest BCUT2D eigenvalue weighted by molar-refractivity contribution is -0.130. The first-order valence-corrected chi connectivity index (χ1v) is 9.15. The van der Waals surface area contributed by atoms with Gasteiger partial charge in [0.2, 0.25) is 11.8 Å². The highest BCUT2D eigenvalue weighted by Gasteiger charge is 2.44. The van der Waals surface area contributed by atoms with Gasteiger partial charge in [-0.05, 0) is 50.2 Å². The summed E-state index contributed by atoms with van der Waals surface area (Å²) in [4.78, 5) is 51.1. The van der Waals surface area contributed by atoms with Crippen LogP contribution in [0.15, 0.2) is 48.5 Å². The van der Waals surface area contributed by atoms with Crippen LogP contribution in [-0.4, -0.2) is 41.2 Å². The van der Waals surface area contributed by atoms with Gasteiger partial charge in [0.1, 0.15) is 12.6 Å². The Morgan fingerprint density at radius 1 is 0.931 bits per heavy atom. The molecule has 1 aliphatic rings. The number of hydrogen-bond acceptors (Lipinski definition) is 4. The lowest BCUT2D eigenvalue weighted by Crippen LogP contribution is -2.39. The number of rotatable bonds is 5. The fourth-order valence-corrected chi connectivity index (χ4v) is 3.10. The van der Waals surface area contributed by atoms with Gasteiger partial charge < -0.3 is 10.6 Å². The Labute approximate surface area is 168 Å². The number of urea groups is 1. The Morgan fingerprint density at radius 2 is 1.48 bits per heavy atom. The van der Waals surface area contributed by atoms with Gasteiger partial charge >= 0.3 is 6.03 Å². The van der Waals surface area contributed by atoms with Gasteiger partial charge in [-0.1, -0.05) is 17.7 Å². The normalized spacial score (nSPS) is 16.2. The van der Waals surface area contributed by atoms with Crippen molar-refractivity contribution in [1.82, 2.24) is 4.90 Å². The van der Waals surface area contributed by atoms with E-state index in [1.165, 1.54) is 11.8 Å². The highest BCUT2D eigenvalue weighted by atomic mass is 16.2. The van der Waals surface area contributed by atoms with Gasteiger partial charge in [-0.25, -0.2) is 4.79 Å². The summed E-state index contributed by atoms with van der Waals surface area (Å²) in [7, 11) is 0. The first-order valence-electron chi connectivity index (χ1n) is 9.15. The van der Waals surface area contributed by atoms with E-state index in [1.54, 1.807) is 43.3 Å². The molecule has 29 heavy (non-hydrogen) atoms. The number of nitrogens with zero attached hydrogens (tertiary/aromatic N) is 2. The van der Waals surface area contributed by atoms with Crippen LogP contribution in [0.3, 0.4) is 0 Å². The fourth-order valence-electron chi connectivity index (χ4n) is 3.10. The van der Waals surface area contributed by atoms with Crippen LogP contribution in [0, 0.1) is 6.92 Å². The zero-order valence-electron chi connectivity index (χ0n) is 16.4. The van der Waals surface area contributed by atoms with Crippen LogP contribution < -0.4 is 15.5 Å². The molecule has 1 heterocycles. The molecule has 1 saturated heterocycles. The van der Waals surface area contributed by atoms with Crippen LogP contribution >= 0.6 is 0 Å². The molecule has 0 aromatic heterocycles. The van der Waals surface area contributed by atoms with Gasteiger partial charge in [0, 0.05) is 24.0 Å². The second-order valence-corrected chi connectivity index (χ2v) is 6.90. The number of amides is 5. The Morgan fingerprint density at radius 3 is 2.03 bits per heavy atom. The first kappa shape index (κ1) is 20.1. The first-order chi connectivity index (χ1) is 13.8. The van der Waals surface area contributed by atoms with E-state index in [0.29, 0.717) is 17.1 Å². The molecule has 3 rings (SSSR count). The molecule has 0 radical (unpaired) electrons. The summed E-state index contributed by atoms with van der Waals surface area (Å²) in [5.74, 6) is -1.11. The molecule has 1 fully saturated rings. The molecular weight excluding hydrogens is 372 g/mol. The highest BCUT2D eigenvalue weighted by Crippen LogP contribution is 2.26. The van der Waals surface area contributed by atoms with E-state index in [4.69, 9.17) is 0 Å². The summed E-state index contributed by atoms with van der Waals surface area (Å²) in [6.07, 6.45) is 0. The maximum Gasteiger partial charge on any atom is 0.332 e. The Balaban J connectivity index is 1.66. The summed E-state index contributed by atoms with van der Waals surface area (Å²) in [5.41, 5.74) is 2.74. The van der Waals surface area contributed by atoms with Crippen molar-refractivity contribution in [3.8, 4) is 0 Å². The smallest absolute Gasteiger partial charge is 0.326 e. The summed E-state index contributed by atoms with van der Waals surface area (Å²) >= 11 is 0. The molecule has 0 aliphatic carbocycles. The van der Waals surface area contributed by atoms with Crippen molar-refractivity contribution in [3.63, 3.8) is 0 Å². The summed E-state index contributed by atoms with van der Waals surface area (Å²) in [6.45, 7) is 4.60. The van der Waals surface area contributed by atoms with Gasteiger partial charge in [-0.3, -0.25) is 24.2 Å². The van der Waals surface area contributed by atoms with E-state index >= 15 is 0 Å². The zero-order valence-corrected chi connectivity index (χ0v) is 16.4. The van der Waals surface area contributed by atoms with Gasteiger partial charge in [0.25, 0.3) is 5.91 Å². The topological polar surface area (TPSA) is 98.8 Å². The van der Waals surface area contributed by atoms with Crippen molar-refractivity contribution in [2.75, 3.05) is 22.1 Å². The quantitative estimate of drug-likeness (QED) is 0.762. The Bertz CT molecular complexity index is 954. The largest absolute Gasteiger partial charge is 0.332 e. The average Bonchev–Trinajstić information content (AvgIpc) is 2.87. The molecule has 0 spiro atoms. The third-order valence-corrected chi connectivity index (χ3v) is 4.55. The zero-order chi connectivity index (χ0) is 21.1. The van der Waals surface area contributed by atoms with E-state index in [1.807, 2.05) is 19.1 Å². The minimum absolute atomic E-state index is 0.194. The van der Waals surface area contributed by atoms with Crippen molar-refractivity contribution in [3.05, 3.63) is 54.1 Å². The van der Waals surface area contributed by atoms with Crippen molar-refractivity contribution < 1.29 is 19.2 Å². The third kappa shape index (κ3) is 4.43. The summed E-state index contributed by atoms with van der Waals surface area (Å²) in [5, 5.41) is 5.28. The molecular formula is C21H22N4O4. The van der Waals surface area contributed by atoms with E-state index in [0.717, 1.165) is 10.5 Å². The lowest BCUT2D eigenvalue weighted by Gasteiger charge is -2.19. The van der Waals surface area contributed by atoms with Crippen LogP contribution in [0.4, 0.5) is 21.9 Å². The SMILES string of the molecule is CC(=O)Nc1ccc(NC(=O)CN2C(=O)C(C)N(c3ccc(C)cc3)C2=O)cc1. The molecule has 2 aromatic rings. The van der Waals surface area contributed by atoms with E-state index < -0.39 is 23.9 Å². The van der Waals surface area contributed by atoms with Crippen LogP contribution in [-0.2, 0) is 14.4 Å². The van der Waals surface area contributed by atoms with Crippen LogP contribution in [0.1, 0.15) is 19.4 Å². The number of hydrogen-bond donors (Lipinski definition) is 2.